The first-order chi connectivity index (χ1) is 13.1. The third kappa shape index (κ3) is 4.54. The fourth-order valence-electron chi connectivity index (χ4n) is 3.04. The highest BCUT2D eigenvalue weighted by molar-refractivity contribution is 5.85. The molecule has 0 radical (unpaired) electrons. The average molecular weight is 413 g/mol. The van der Waals surface area contributed by atoms with Crippen molar-refractivity contribution in [2.24, 2.45) is 0 Å². The second kappa shape index (κ2) is 9.72. The summed E-state index contributed by atoms with van der Waals surface area (Å²) >= 11 is 0. The molecule has 9 nitrogen and oxygen atoms in total. The molecule has 3 rings (SSSR count). The van der Waals surface area contributed by atoms with Gasteiger partial charge in [0.1, 0.15) is 11.9 Å². The van der Waals surface area contributed by atoms with Gasteiger partial charge in [0.05, 0.1) is 38.3 Å². The van der Waals surface area contributed by atoms with E-state index < -0.39 is 6.10 Å². The Labute approximate surface area is 168 Å². The van der Waals surface area contributed by atoms with Crippen LogP contribution in [-0.4, -0.2) is 67.3 Å². The van der Waals surface area contributed by atoms with Crippen molar-refractivity contribution < 1.29 is 19.0 Å². The Morgan fingerprint density at radius 3 is 2.64 bits per heavy atom. The summed E-state index contributed by atoms with van der Waals surface area (Å²) in [6, 6.07) is 3.24. The van der Waals surface area contributed by atoms with Crippen LogP contribution in [-0.2, 0) is 16.1 Å². The highest BCUT2D eigenvalue weighted by atomic mass is 35.5. The first kappa shape index (κ1) is 21.9. The zero-order valence-corrected chi connectivity index (χ0v) is 16.9. The minimum absolute atomic E-state index is 0. The number of hydrogen-bond donors (Lipinski definition) is 2. The largest absolute Gasteiger partial charge is 0.493 e. The number of amides is 1. The Morgan fingerprint density at radius 1 is 1.32 bits per heavy atom. The van der Waals surface area contributed by atoms with Crippen molar-refractivity contribution >= 4 is 29.2 Å². The van der Waals surface area contributed by atoms with Crippen LogP contribution in [0.25, 0.3) is 10.9 Å². The summed E-state index contributed by atoms with van der Waals surface area (Å²) < 4.78 is 16.0. The third-order valence-corrected chi connectivity index (χ3v) is 4.50. The van der Waals surface area contributed by atoms with Gasteiger partial charge in [-0.3, -0.25) is 9.59 Å². The number of likely N-dealkylation sites (N-methyl/N-ethyl adjacent to an activating group) is 1. The lowest BCUT2D eigenvalue weighted by molar-refractivity contribution is -0.145. The van der Waals surface area contributed by atoms with E-state index in [1.54, 1.807) is 17.0 Å². The van der Waals surface area contributed by atoms with Crippen molar-refractivity contribution in [3.05, 3.63) is 28.3 Å². The normalized spacial score (nSPS) is 16.3. The molecule has 10 heteroatoms. The zero-order valence-electron chi connectivity index (χ0n) is 16.1. The van der Waals surface area contributed by atoms with Gasteiger partial charge in [0.2, 0.25) is 0 Å². The molecule has 2 aromatic rings. The van der Waals surface area contributed by atoms with Crippen molar-refractivity contribution in [1.82, 2.24) is 20.2 Å². The van der Waals surface area contributed by atoms with E-state index in [0.29, 0.717) is 47.9 Å². The van der Waals surface area contributed by atoms with Crippen LogP contribution in [0.3, 0.4) is 0 Å². The summed E-state index contributed by atoms with van der Waals surface area (Å²) in [4.78, 5) is 34.0. The van der Waals surface area contributed by atoms with Crippen LogP contribution in [0.4, 0.5) is 0 Å². The summed E-state index contributed by atoms with van der Waals surface area (Å²) in [7, 11) is 3.03. The van der Waals surface area contributed by atoms with Gasteiger partial charge in [-0.2, -0.15) is 0 Å². The maximum Gasteiger partial charge on any atom is 0.258 e. The smallest absolute Gasteiger partial charge is 0.258 e. The van der Waals surface area contributed by atoms with Crippen molar-refractivity contribution in [3.8, 4) is 11.5 Å². The number of fused-ring (bicyclic) bond motifs is 1. The predicted octanol–water partition coefficient (Wildman–Crippen LogP) is 0.699. The van der Waals surface area contributed by atoms with Crippen LogP contribution in [0.1, 0.15) is 12.7 Å². The van der Waals surface area contributed by atoms with Gasteiger partial charge in [0, 0.05) is 25.7 Å². The Kier molecular flexibility index (Phi) is 7.61. The van der Waals surface area contributed by atoms with Gasteiger partial charge in [-0.05, 0) is 13.0 Å². The molecule has 1 unspecified atom stereocenters. The number of nitrogens with zero attached hydrogens (tertiary/aromatic N) is 2. The number of aromatic amines is 1. The van der Waals surface area contributed by atoms with E-state index >= 15 is 0 Å². The minimum atomic E-state index is -0.518. The molecule has 2 N–H and O–H groups in total. The number of nitrogens with one attached hydrogen (secondary N) is 2. The van der Waals surface area contributed by atoms with Crippen LogP contribution < -0.4 is 20.3 Å². The molecule has 1 aromatic heterocycles. The Balaban J connectivity index is 0.00000280. The second-order valence-electron chi connectivity index (χ2n) is 6.15. The zero-order chi connectivity index (χ0) is 19.4. The molecule has 1 aliphatic heterocycles. The summed E-state index contributed by atoms with van der Waals surface area (Å²) in [6.07, 6.45) is -0.518. The quantitative estimate of drug-likeness (QED) is 0.719. The van der Waals surface area contributed by atoms with Crippen molar-refractivity contribution in [2.45, 2.75) is 19.6 Å². The average Bonchev–Trinajstić information content (AvgIpc) is 2.71. The first-order valence-corrected chi connectivity index (χ1v) is 8.83. The number of morpholine rings is 1. The Hall–Kier alpha value is -2.36. The maximum absolute atomic E-state index is 12.7. The van der Waals surface area contributed by atoms with Crippen LogP contribution >= 0.6 is 12.4 Å². The topological polar surface area (TPSA) is 106 Å². The summed E-state index contributed by atoms with van der Waals surface area (Å²) in [5.41, 5.74) is 0.181. The monoisotopic (exact) mass is 412 g/mol. The van der Waals surface area contributed by atoms with E-state index in [2.05, 4.69) is 15.3 Å². The summed E-state index contributed by atoms with van der Waals surface area (Å²) in [5.74, 6) is 1.22. The molecule has 1 atom stereocenters. The van der Waals surface area contributed by atoms with Crippen LogP contribution in [0, 0.1) is 0 Å². The van der Waals surface area contributed by atoms with Crippen molar-refractivity contribution in [3.63, 3.8) is 0 Å². The molecule has 2 heterocycles. The molecular formula is C18H25ClN4O5. The predicted molar refractivity (Wildman–Crippen MR) is 106 cm³/mol. The van der Waals surface area contributed by atoms with E-state index in [1.807, 2.05) is 6.92 Å². The van der Waals surface area contributed by atoms with Crippen molar-refractivity contribution in [2.75, 3.05) is 40.5 Å². The lowest BCUT2D eigenvalue weighted by Crippen LogP contribution is -2.49. The molecule has 0 bridgehead atoms. The van der Waals surface area contributed by atoms with Crippen LogP contribution in [0.5, 0.6) is 11.5 Å². The fraction of sp³-hybridized carbons (Fsp3) is 0.500. The van der Waals surface area contributed by atoms with Gasteiger partial charge >= 0.3 is 0 Å². The summed E-state index contributed by atoms with van der Waals surface area (Å²) in [6.45, 7) is 4.26. The molecule has 1 aliphatic rings. The minimum Gasteiger partial charge on any atom is -0.493 e. The Bertz CT molecular complexity index is 882. The molecule has 0 saturated carbocycles. The van der Waals surface area contributed by atoms with E-state index in [0.717, 1.165) is 6.54 Å². The van der Waals surface area contributed by atoms with Gasteiger partial charge < -0.3 is 29.4 Å². The maximum atomic E-state index is 12.7. The van der Waals surface area contributed by atoms with Crippen LogP contribution in [0.2, 0.25) is 0 Å². The molecular weight excluding hydrogens is 388 g/mol. The highest BCUT2D eigenvalue weighted by Crippen LogP contribution is 2.29. The van der Waals surface area contributed by atoms with Gasteiger partial charge in [-0.25, -0.2) is 4.98 Å². The SMILES string of the molecule is CCN(Cc1nc2cc(OC)c(OC)cc2c(=O)[nH]1)C(=O)C1CNCCO1.Cl. The number of hydrogen-bond acceptors (Lipinski definition) is 7. The molecule has 0 aliphatic carbocycles. The number of halogens is 1. The fourth-order valence-corrected chi connectivity index (χ4v) is 3.04. The van der Waals surface area contributed by atoms with Gasteiger partial charge in [-0.15, -0.1) is 12.4 Å². The first-order valence-electron chi connectivity index (χ1n) is 8.83. The molecule has 28 heavy (non-hydrogen) atoms. The summed E-state index contributed by atoms with van der Waals surface area (Å²) in [5, 5.41) is 3.54. The van der Waals surface area contributed by atoms with Crippen LogP contribution in [0.15, 0.2) is 16.9 Å². The van der Waals surface area contributed by atoms with Crippen molar-refractivity contribution in [1.29, 1.82) is 0 Å². The van der Waals surface area contributed by atoms with E-state index in [-0.39, 0.29) is 30.4 Å². The number of rotatable bonds is 6. The van der Waals surface area contributed by atoms with E-state index in [4.69, 9.17) is 14.2 Å². The number of methoxy groups -OCH3 is 2. The number of H-pyrrole nitrogens is 1. The Morgan fingerprint density at radius 2 is 2.04 bits per heavy atom. The number of ether oxygens (including phenoxy) is 3. The standard InChI is InChI=1S/C18H24N4O5.ClH/c1-4-22(18(24)15-9-19-5-6-27-15)10-16-20-12-8-14(26-3)13(25-2)7-11(12)17(23)21-16;/h7-8,15,19H,4-6,9-10H2,1-3H3,(H,20,21,23);1H. The molecule has 1 amide bonds. The number of aromatic nitrogens is 2. The third-order valence-electron chi connectivity index (χ3n) is 4.50. The van der Waals surface area contributed by atoms with E-state index in [1.165, 1.54) is 14.2 Å². The lowest BCUT2D eigenvalue weighted by atomic mass is 10.2. The molecule has 0 spiro atoms. The molecule has 1 saturated heterocycles. The van der Waals surface area contributed by atoms with Gasteiger partial charge in [0.15, 0.2) is 11.5 Å². The number of benzene rings is 1. The molecule has 1 fully saturated rings. The lowest BCUT2D eigenvalue weighted by Gasteiger charge is -2.28. The molecule has 1 aromatic carbocycles. The molecule has 154 valence electrons. The number of carbonyl (C=O) groups excluding carboxylic acids is 1. The highest BCUT2D eigenvalue weighted by Gasteiger charge is 2.26. The van der Waals surface area contributed by atoms with Gasteiger partial charge in [0.25, 0.3) is 11.5 Å². The van der Waals surface area contributed by atoms with Gasteiger partial charge in [-0.1, -0.05) is 0 Å². The van der Waals surface area contributed by atoms with E-state index in [9.17, 15) is 9.59 Å². The second-order valence-corrected chi connectivity index (χ2v) is 6.15. The number of carbonyl (C=O) groups is 1.